The number of hydrogen-bond donors (Lipinski definition) is 3. The lowest BCUT2D eigenvalue weighted by Crippen LogP contribution is -2.49. The van der Waals surface area contributed by atoms with Crippen LogP contribution in [-0.2, 0) is 31.0 Å². The first-order chi connectivity index (χ1) is 21.9. The standard InChI is InChI=1S/C36H40Cl2FN3O5/c1-34(2,3)18-27-36(22-13-12-20(37)17-25(22)41-33(36)45)29(21-9-8-10-23(38)30(21)39)31(42-27)32(44)40-24-14-11-19(15-26(24)46-7)16-28(43)47-35(4,5)6/h8-15,17,27,29,31,42H,16,18H2,1-7H3,(H,40,44)(H,41,45)/t27?,29-,31+,36+/m0/s1. The van der Waals surface area contributed by atoms with E-state index in [9.17, 15) is 14.4 Å². The van der Waals surface area contributed by atoms with Gasteiger partial charge in [0, 0.05) is 22.7 Å². The summed E-state index contributed by atoms with van der Waals surface area (Å²) in [5, 5.41) is 9.69. The molecule has 3 aromatic rings. The van der Waals surface area contributed by atoms with Gasteiger partial charge in [-0.1, -0.05) is 68.2 Å². The average molecular weight is 685 g/mol. The van der Waals surface area contributed by atoms with Crippen molar-refractivity contribution in [3.63, 3.8) is 0 Å². The molecule has 0 radical (unpaired) electrons. The summed E-state index contributed by atoms with van der Waals surface area (Å²) in [6.45, 7) is 11.5. The Balaban J connectivity index is 1.59. The fourth-order valence-corrected chi connectivity index (χ4v) is 7.21. The summed E-state index contributed by atoms with van der Waals surface area (Å²) in [6.07, 6.45) is 0.491. The quantitative estimate of drug-likeness (QED) is 0.224. The molecule has 0 bridgehead atoms. The van der Waals surface area contributed by atoms with Crippen LogP contribution in [0.4, 0.5) is 15.8 Å². The molecule has 2 aliphatic rings. The second-order valence-electron chi connectivity index (χ2n) is 14.4. The third-order valence-electron chi connectivity index (χ3n) is 8.51. The van der Waals surface area contributed by atoms with Gasteiger partial charge in [0.2, 0.25) is 11.8 Å². The monoisotopic (exact) mass is 683 g/mol. The van der Waals surface area contributed by atoms with E-state index in [0.717, 1.165) is 0 Å². The maximum absolute atomic E-state index is 16.1. The van der Waals surface area contributed by atoms with E-state index in [1.165, 1.54) is 13.2 Å². The van der Waals surface area contributed by atoms with Crippen molar-refractivity contribution < 1.29 is 28.2 Å². The first kappa shape index (κ1) is 34.7. The molecule has 4 atom stereocenters. The molecule has 1 unspecified atom stereocenters. The normalized spacial score (nSPS) is 22.2. The smallest absolute Gasteiger partial charge is 0.310 e. The number of ether oxygens (including phenoxy) is 2. The van der Waals surface area contributed by atoms with Gasteiger partial charge in [-0.05, 0) is 79.6 Å². The Labute approximate surface area is 284 Å². The third-order valence-corrected chi connectivity index (χ3v) is 9.04. The van der Waals surface area contributed by atoms with Gasteiger partial charge in [0.05, 0.1) is 30.3 Å². The highest BCUT2D eigenvalue weighted by atomic mass is 35.5. The van der Waals surface area contributed by atoms with E-state index in [2.05, 4.69) is 16.0 Å². The van der Waals surface area contributed by atoms with E-state index in [1.54, 1.807) is 69.3 Å². The molecule has 5 rings (SSSR count). The van der Waals surface area contributed by atoms with E-state index >= 15 is 4.39 Å². The van der Waals surface area contributed by atoms with Crippen LogP contribution in [0.2, 0.25) is 10.0 Å². The van der Waals surface area contributed by atoms with Gasteiger partial charge < -0.3 is 25.4 Å². The highest BCUT2D eigenvalue weighted by Crippen LogP contribution is 2.57. The van der Waals surface area contributed by atoms with Crippen molar-refractivity contribution in [2.45, 2.75) is 83.4 Å². The number of esters is 1. The molecule has 2 aliphatic heterocycles. The van der Waals surface area contributed by atoms with Crippen molar-refractivity contribution in [3.8, 4) is 5.75 Å². The zero-order chi connectivity index (χ0) is 34.5. The molecular weight excluding hydrogens is 644 g/mol. The van der Waals surface area contributed by atoms with Crippen LogP contribution in [0.5, 0.6) is 5.75 Å². The topological polar surface area (TPSA) is 106 Å². The number of fused-ring (bicyclic) bond motifs is 2. The van der Waals surface area contributed by atoms with E-state index in [-0.39, 0.29) is 28.3 Å². The predicted octanol–water partition coefficient (Wildman–Crippen LogP) is 7.41. The molecule has 0 saturated carbocycles. The van der Waals surface area contributed by atoms with Gasteiger partial charge in [0.1, 0.15) is 22.6 Å². The number of halogens is 3. The molecule has 1 spiro atoms. The number of hydrogen-bond acceptors (Lipinski definition) is 6. The van der Waals surface area contributed by atoms with Gasteiger partial charge in [0.15, 0.2) is 0 Å². The number of methoxy groups -OCH3 is 1. The van der Waals surface area contributed by atoms with Crippen molar-refractivity contribution in [3.05, 3.63) is 87.2 Å². The number of carbonyl (C=O) groups is 3. The minimum atomic E-state index is -1.39. The lowest BCUT2D eigenvalue weighted by atomic mass is 9.62. The fraction of sp³-hybridized carbons (Fsp3) is 0.417. The molecule has 3 aromatic carbocycles. The van der Waals surface area contributed by atoms with Gasteiger partial charge in [-0.15, -0.1) is 0 Å². The van der Waals surface area contributed by atoms with Gasteiger partial charge in [-0.25, -0.2) is 4.39 Å². The molecule has 8 nitrogen and oxygen atoms in total. The first-order valence-corrected chi connectivity index (χ1v) is 16.2. The second kappa shape index (κ2) is 12.7. The minimum Gasteiger partial charge on any atom is -0.495 e. The van der Waals surface area contributed by atoms with Crippen molar-refractivity contribution in [1.82, 2.24) is 5.32 Å². The van der Waals surface area contributed by atoms with E-state index in [4.69, 9.17) is 32.7 Å². The summed E-state index contributed by atoms with van der Waals surface area (Å²) in [7, 11) is 1.46. The van der Waals surface area contributed by atoms with Crippen molar-refractivity contribution in [1.29, 1.82) is 0 Å². The highest BCUT2D eigenvalue weighted by molar-refractivity contribution is 6.31. The van der Waals surface area contributed by atoms with E-state index in [1.807, 2.05) is 20.8 Å². The van der Waals surface area contributed by atoms with Crippen molar-refractivity contribution in [2.24, 2.45) is 5.41 Å². The van der Waals surface area contributed by atoms with Crippen LogP contribution in [0.1, 0.15) is 70.6 Å². The molecule has 47 heavy (non-hydrogen) atoms. The Morgan fingerprint density at radius 2 is 1.74 bits per heavy atom. The summed E-state index contributed by atoms with van der Waals surface area (Å²) >= 11 is 12.6. The van der Waals surface area contributed by atoms with Gasteiger partial charge in [0.25, 0.3) is 0 Å². The number of anilines is 2. The Bertz CT molecular complexity index is 1730. The fourth-order valence-electron chi connectivity index (χ4n) is 6.86. The predicted molar refractivity (Wildman–Crippen MR) is 182 cm³/mol. The molecule has 2 amide bonds. The maximum atomic E-state index is 16.1. The van der Waals surface area contributed by atoms with Gasteiger partial charge >= 0.3 is 5.97 Å². The van der Waals surface area contributed by atoms with Gasteiger partial charge in [-0.3, -0.25) is 14.4 Å². The van der Waals surface area contributed by atoms with Crippen LogP contribution in [0, 0.1) is 11.2 Å². The number of amides is 2. The Morgan fingerprint density at radius 3 is 2.40 bits per heavy atom. The molecule has 0 aliphatic carbocycles. The molecule has 1 saturated heterocycles. The molecule has 250 valence electrons. The van der Waals surface area contributed by atoms with Crippen LogP contribution in [-0.4, -0.2) is 42.6 Å². The van der Waals surface area contributed by atoms with E-state index < -0.39 is 46.7 Å². The number of nitrogens with one attached hydrogen (secondary N) is 3. The SMILES string of the molecule is COc1cc(CC(=O)OC(C)(C)C)ccc1NC(=O)[C@@H]1NC(CC(C)(C)C)[C@@]2(C(=O)Nc3cc(Cl)ccc32)[C@H]1c1cccc(Cl)c1F. The van der Waals surface area contributed by atoms with E-state index in [0.29, 0.717) is 39.7 Å². The van der Waals surface area contributed by atoms with Crippen LogP contribution < -0.4 is 20.7 Å². The summed E-state index contributed by atoms with van der Waals surface area (Å²) in [5.74, 6) is -2.65. The summed E-state index contributed by atoms with van der Waals surface area (Å²) in [6, 6.07) is 13.1. The highest BCUT2D eigenvalue weighted by Gasteiger charge is 2.66. The summed E-state index contributed by atoms with van der Waals surface area (Å²) < 4.78 is 27.1. The number of carbonyl (C=O) groups excluding carboxylic acids is 3. The minimum absolute atomic E-state index is 0.0116. The Morgan fingerprint density at radius 1 is 1.02 bits per heavy atom. The zero-order valence-electron chi connectivity index (χ0n) is 27.5. The Hall–Kier alpha value is -3.66. The van der Waals surface area contributed by atoms with Crippen LogP contribution in [0.3, 0.4) is 0 Å². The molecular formula is C36H40Cl2FN3O5. The summed E-state index contributed by atoms with van der Waals surface area (Å²) in [5.41, 5.74) is -0.0512. The van der Waals surface area contributed by atoms with Crippen LogP contribution in [0.15, 0.2) is 54.6 Å². The van der Waals surface area contributed by atoms with Gasteiger partial charge in [-0.2, -0.15) is 0 Å². The lowest BCUT2D eigenvalue weighted by molar-refractivity contribution is -0.153. The first-order valence-electron chi connectivity index (χ1n) is 15.5. The third kappa shape index (κ3) is 6.84. The van der Waals surface area contributed by atoms with Crippen molar-refractivity contribution in [2.75, 3.05) is 17.7 Å². The Kier molecular flexibility index (Phi) is 9.40. The second-order valence-corrected chi connectivity index (χ2v) is 15.2. The van der Waals surface area contributed by atoms with Crippen LogP contribution in [0.25, 0.3) is 0 Å². The van der Waals surface area contributed by atoms with Crippen molar-refractivity contribution >= 4 is 52.4 Å². The molecule has 11 heteroatoms. The number of rotatable bonds is 7. The lowest BCUT2D eigenvalue weighted by Gasteiger charge is -2.37. The van der Waals surface area contributed by atoms with Crippen LogP contribution >= 0.6 is 23.2 Å². The molecule has 3 N–H and O–H groups in total. The average Bonchev–Trinajstić information content (AvgIpc) is 3.43. The number of benzene rings is 3. The summed E-state index contributed by atoms with van der Waals surface area (Å²) in [4.78, 5) is 41.2. The maximum Gasteiger partial charge on any atom is 0.310 e. The zero-order valence-corrected chi connectivity index (χ0v) is 29.0. The molecule has 1 fully saturated rings. The largest absolute Gasteiger partial charge is 0.495 e. The molecule has 2 heterocycles. The molecule has 0 aromatic heterocycles.